The molecule has 0 radical (unpaired) electrons. The van der Waals surface area contributed by atoms with Crippen molar-refractivity contribution in [3.8, 4) is 5.75 Å². The number of halogens is 2. The number of esters is 1. The molecule has 4 aromatic rings. The second-order valence-electron chi connectivity index (χ2n) is 8.81. The van der Waals surface area contributed by atoms with E-state index in [2.05, 4.69) is 20.9 Å². The summed E-state index contributed by atoms with van der Waals surface area (Å²) >= 11 is 3.52. The topological polar surface area (TPSA) is 119 Å². The van der Waals surface area contributed by atoms with Gasteiger partial charge in [0, 0.05) is 30.2 Å². The number of imide groups is 1. The number of amides is 2. The van der Waals surface area contributed by atoms with Crippen molar-refractivity contribution in [3.05, 3.63) is 103 Å². The summed E-state index contributed by atoms with van der Waals surface area (Å²) in [5, 5.41) is 10.9. The zero-order chi connectivity index (χ0) is 27.8. The van der Waals surface area contributed by atoms with Gasteiger partial charge in [-0.2, -0.15) is 0 Å². The van der Waals surface area contributed by atoms with Crippen molar-refractivity contribution < 1.29 is 28.6 Å². The minimum Gasteiger partial charge on any atom is -0.505 e. The summed E-state index contributed by atoms with van der Waals surface area (Å²) in [4.78, 5) is 57.4. The van der Waals surface area contributed by atoms with Crippen LogP contribution in [0, 0.1) is 5.82 Å². The number of ether oxygens (including phenoxy) is 1. The van der Waals surface area contributed by atoms with E-state index in [1.807, 2.05) is 0 Å². The molecular formula is C28H21BrFN3O6. The predicted molar refractivity (Wildman–Crippen MR) is 142 cm³/mol. The molecule has 1 N–H and O–H groups in total. The van der Waals surface area contributed by atoms with E-state index < -0.39 is 34.7 Å². The molecule has 0 aliphatic carbocycles. The van der Waals surface area contributed by atoms with Crippen LogP contribution in [0.4, 0.5) is 4.39 Å². The number of aromatic nitrogens is 2. The van der Waals surface area contributed by atoms with Crippen LogP contribution in [-0.4, -0.2) is 50.5 Å². The average molecular weight is 594 g/mol. The molecule has 0 spiro atoms. The van der Waals surface area contributed by atoms with Crippen molar-refractivity contribution in [3.63, 3.8) is 0 Å². The number of pyridine rings is 2. The molecule has 0 atom stereocenters. The van der Waals surface area contributed by atoms with Crippen molar-refractivity contribution in [1.82, 2.24) is 14.5 Å². The molecule has 2 aromatic heterocycles. The minimum absolute atomic E-state index is 0.0292. The molecule has 0 unspecified atom stereocenters. The fourth-order valence-corrected chi connectivity index (χ4v) is 5.22. The molecule has 198 valence electrons. The number of rotatable bonds is 7. The van der Waals surface area contributed by atoms with Crippen LogP contribution >= 0.6 is 15.9 Å². The standard InChI is InChI=1S/C28H21BrFN3O6/c1-2-39-28(38)20-24(34)22-23(21(29)16(14-31-22)13-15-7-9-17(30)10-8-15)32(27(20)37)11-12-33-25(35)18-5-3-4-6-19(18)26(33)36/h3-10,14,34H,2,11-13H2,1H3. The molecule has 3 heterocycles. The van der Waals surface area contributed by atoms with Gasteiger partial charge in [-0.1, -0.05) is 24.3 Å². The highest BCUT2D eigenvalue weighted by atomic mass is 79.9. The molecule has 0 saturated heterocycles. The highest BCUT2D eigenvalue weighted by molar-refractivity contribution is 9.10. The lowest BCUT2D eigenvalue weighted by Crippen LogP contribution is -2.36. The Hall–Kier alpha value is -4.38. The molecule has 11 heteroatoms. The molecule has 39 heavy (non-hydrogen) atoms. The number of hydrogen-bond acceptors (Lipinski definition) is 7. The summed E-state index contributed by atoms with van der Waals surface area (Å²) in [6.45, 7) is 1.17. The quantitative estimate of drug-likeness (QED) is 0.253. The minimum atomic E-state index is -1.02. The van der Waals surface area contributed by atoms with Gasteiger partial charge >= 0.3 is 5.97 Å². The van der Waals surface area contributed by atoms with Crippen molar-refractivity contribution in [2.45, 2.75) is 19.9 Å². The molecular weight excluding hydrogens is 573 g/mol. The summed E-state index contributed by atoms with van der Waals surface area (Å²) in [6.07, 6.45) is 1.79. The molecule has 2 aromatic carbocycles. The maximum Gasteiger partial charge on any atom is 0.347 e. The fraction of sp³-hybridized carbons (Fsp3) is 0.179. The lowest BCUT2D eigenvalue weighted by Gasteiger charge is -2.19. The number of carbonyl (C=O) groups excluding carboxylic acids is 3. The van der Waals surface area contributed by atoms with Crippen molar-refractivity contribution >= 4 is 44.7 Å². The largest absolute Gasteiger partial charge is 0.505 e. The van der Waals surface area contributed by atoms with E-state index in [4.69, 9.17) is 4.74 Å². The van der Waals surface area contributed by atoms with Crippen molar-refractivity contribution in [1.29, 1.82) is 0 Å². The highest BCUT2D eigenvalue weighted by Crippen LogP contribution is 2.33. The van der Waals surface area contributed by atoms with Crippen molar-refractivity contribution in [2.24, 2.45) is 0 Å². The van der Waals surface area contributed by atoms with Gasteiger partial charge in [0.1, 0.15) is 11.3 Å². The van der Waals surface area contributed by atoms with E-state index in [1.54, 1.807) is 43.3 Å². The Balaban J connectivity index is 1.62. The maximum atomic E-state index is 13.6. The number of aromatic hydroxyl groups is 1. The number of hydrogen-bond donors (Lipinski definition) is 1. The van der Waals surface area contributed by atoms with Gasteiger partial charge in [-0.25, -0.2) is 9.18 Å². The van der Waals surface area contributed by atoms with Crippen LogP contribution in [0.5, 0.6) is 5.75 Å². The lowest BCUT2D eigenvalue weighted by atomic mass is 10.1. The van der Waals surface area contributed by atoms with Gasteiger partial charge in [0.15, 0.2) is 11.3 Å². The Labute approximate surface area is 229 Å². The first-order chi connectivity index (χ1) is 18.7. The van der Waals surface area contributed by atoms with Crippen molar-refractivity contribution in [2.75, 3.05) is 13.2 Å². The molecule has 5 rings (SSSR count). The van der Waals surface area contributed by atoms with Gasteiger partial charge in [0.25, 0.3) is 17.4 Å². The smallest absolute Gasteiger partial charge is 0.347 e. The van der Waals surface area contributed by atoms with E-state index in [9.17, 15) is 28.7 Å². The molecule has 0 bridgehead atoms. The van der Waals surface area contributed by atoms with Gasteiger partial charge < -0.3 is 14.4 Å². The summed E-state index contributed by atoms with van der Waals surface area (Å²) in [5.74, 6) is -3.03. The predicted octanol–water partition coefficient (Wildman–Crippen LogP) is 4.07. The Morgan fingerprint density at radius 1 is 1.03 bits per heavy atom. The zero-order valence-corrected chi connectivity index (χ0v) is 22.2. The second-order valence-corrected chi connectivity index (χ2v) is 9.60. The first-order valence-corrected chi connectivity index (χ1v) is 12.8. The first kappa shape index (κ1) is 26.2. The molecule has 1 aliphatic heterocycles. The maximum absolute atomic E-state index is 13.6. The number of carbonyl (C=O) groups is 3. The van der Waals surface area contributed by atoms with Crippen LogP contribution in [-0.2, 0) is 17.7 Å². The van der Waals surface area contributed by atoms with E-state index in [-0.39, 0.29) is 47.7 Å². The molecule has 1 aliphatic rings. The summed E-state index contributed by atoms with van der Waals surface area (Å²) < 4.78 is 20.0. The second kappa shape index (κ2) is 10.4. The van der Waals surface area contributed by atoms with E-state index in [1.165, 1.54) is 22.9 Å². The van der Waals surface area contributed by atoms with Gasteiger partial charge in [-0.15, -0.1) is 0 Å². The van der Waals surface area contributed by atoms with Crippen LogP contribution in [0.15, 0.2) is 64.0 Å². The molecule has 2 amide bonds. The number of nitrogens with zero attached hydrogens (tertiary/aromatic N) is 3. The summed E-state index contributed by atoms with van der Waals surface area (Å²) in [6, 6.07) is 12.3. The highest BCUT2D eigenvalue weighted by Gasteiger charge is 2.35. The molecule has 0 fully saturated rings. The van der Waals surface area contributed by atoms with E-state index in [0.717, 1.165) is 10.5 Å². The third-order valence-electron chi connectivity index (χ3n) is 6.47. The van der Waals surface area contributed by atoms with Gasteiger partial charge in [-0.3, -0.25) is 24.3 Å². The summed E-state index contributed by atoms with van der Waals surface area (Å²) in [5.41, 5.74) is 0.575. The average Bonchev–Trinajstić information content (AvgIpc) is 3.16. The SMILES string of the molecule is CCOC(=O)c1c(O)c2ncc(Cc3ccc(F)cc3)c(Br)c2n(CCN2C(=O)c3ccccc3C2=O)c1=O. The van der Waals surface area contributed by atoms with Crippen LogP contribution in [0.1, 0.15) is 49.1 Å². The Morgan fingerprint density at radius 2 is 1.67 bits per heavy atom. The van der Waals surface area contributed by atoms with Gasteiger partial charge in [-0.05, 0) is 58.2 Å². The molecule has 9 nitrogen and oxygen atoms in total. The molecule has 0 saturated carbocycles. The van der Waals surface area contributed by atoms with Crippen LogP contribution < -0.4 is 5.56 Å². The Bertz CT molecular complexity index is 1680. The fourth-order valence-electron chi connectivity index (χ4n) is 4.58. The third-order valence-corrected chi connectivity index (χ3v) is 7.35. The summed E-state index contributed by atoms with van der Waals surface area (Å²) in [7, 11) is 0. The monoisotopic (exact) mass is 593 g/mol. The Morgan fingerprint density at radius 3 is 2.28 bits per heavy atom. The lowest BCUT2D eigenvalue weighted by molar-refractivity contribution is 0.0518. The van der Waals surface area contributed by atoms with Gasteiger partial charge in [0.2, 0.25) is 0 Å². The van der Waals surface area contributed by atoms with E-state index >= 15 is 0 Å². The number of benzene rings is 2. The van der Waals surface area contributed by atoms with Crippen LogP contribution in [0.25, 0.3) is 11.0 Å². The Kier molecular flexibility index (Phi) is 7.00. The van der Waals surface area contributed by atoms with E-state index in [0.29, 0.717) is 16.5 Å². The zero-order valence-electron chi connectivity index (χ0n) is 20.6. The van der Waals surface area contributed by atoms with Crippen LogP contribution in [0.2, 0.25) is 0 Å². The first-order valence-electron chi connectivity index (χ1n) is 12.0. The normalized spacial score (nSPS) is 12.7. The third kappa shape index (κ3) is 4.59. The van der Waals surface area contributed by atoms with Gasteiger partial charge in [0.05, 0.1) is 23.3 Å². The number of fused-ring (bicyclic) bond motifs is 2. The van der Waals surface area contributed by atoms with Crippen LogP contribution in [0.3, 0.4) is 0 Å².